The van der Waals surface area contributed by atoms with Crippen LogP contribution in [-0.4, -0.2) is 51.6 Å². The van der Waals surface area contributed by atoms with Gasteiger partial charge in [-0.1, -0.05) is 25.7 Å². The van der Waals surface area contributed by atoms with E-state index in [0.717, 1.165) is 37.2 Å². The fraction of sp³-hybridized carbons (Fsp3) is 0.857. The SMILES string of the molecule is CC1CSCCN1C(=O)NC1(C(=O)O)CCCCCC1. The molecule has 2 N–H and O–H groups in total. The zero-order valence-corrected chi connectivity index (χ0v) is 12.9. The predicted molar refractivity (Wildman–Crippen MR) is 80.1 cm³/mol. The molecule has 1 atom stereocenters. The van der Waals surface area contributed by atoms with Crippen molar-refractivity contribution in [2.45, 2.75) is 57.0 Å². The summed E-state index contributed by atoms with van der Waals surface area (Å²) in [7, 11) is 0. The Morgan fingerprint density at radius 2 is 1.90 bits per heavy atom. The number of hydrogen-bond acceptors (Lipinski definition) is 3. The number of carboxylic acids is 1. The number of carbonyl (C=O) groups excluding carboxylic acids is 1. The van der Waals surface area contributed by atoms with Crippen LogP contribution in [0.2, 0.25) is 0 Å². The first-order chi connectivity index (χ1) is 9.55. The second-order valence-electron chi connectivity index (χ2n) is 5.85. The molecule has 0 aromatic heterocycles. The Labute approximate surface area is 124 Å². The largest absolute Gasteiger partial charge is 0.480 e. The molecule has 1 aliphatic carbocycles. The lowest BCUT2D eigenvalue weighted by molar-refractivity contribution is -0.145. The van der Waals surface area contributed by atoms with Gasteiger partial charge in [-0.2, -0.15) is 11.8 Å². The van der Waals surface area contributed by atoms with Crippen molar-refractivity contribution < 1.29 is 14.7 Å². The minimum Gasteiger partial charge on any atom is -0.480 e. The molecule has 1 saturated carbocycles. The van der Waals surface area contributed by atoms with Crippen LogP contribution in [0.25, 0.3) is 0 Å². The summed E-state index contributed by atoms with van der Waals surface area (Å²) >= 11 is 1.84. The normalized spacial score (nSPS) is 26.6. The number of nitrogens with one attached hydrogen (secondary N) is 1. The van der Waals surface area contributed by atoms with Crippen molar-refractivity contribution in [1.82, 2.24) is 10.2 Å². The molecule has 0 bridgehead atoms. The van der Waals surface area contributed by atoms with Crippen molar-refractivity contribution in [3.8, 4) is 0 Å². The van der Waals surface area contributed by atoms with E-state index in [0.29, 0.717) is 19.4 Å². The number of amides is 2. The maximum atomic E-state index is 12.4. The molecule has 1 aliphatic heterocycles. The Morgan fingerprint density at radius 1 is 1.25 bits per heavy atom. The highest BCUT2D eigenvalue weighted by Gasteiger charge is 2.41. The maximum Gasteiger partial charge on any atom is 0.329 e. The fourth-order valence-corrected chi connectivity index (χ4v) is 4.04. The van der Waals surface area contributed by atoms with E-state index in [1.807, 2.05) is 18.7 Å². The maximum absolute atomic E-state index is 12.4. The van der Waals surface area contributed by atoms with Gasteiger partial charge < -0.3 is 15.3 Å². The van der Waals surface area contributed by atoms with Crippen LogP contribution in [0.5, 0.6) is 0 Å². The van der Waals surface area contributed by atoms with Gasteiger partial charge in [0.2, 0.25) is 0 Å². The molecule has 1 unspecified atom stereocenters. The summed E-state index contributed by atoms with van der Waals surface area (Å²) in [6.07, 6.45) is 4.95. The van der Waals surface area contributed by atoms with Crippen LogP contribution in [0.3, 0.4) is 0 Å². The molecule has 2 rings (SSSR count). The summed E-state index contributed by atoms with van der Waals surface area (Å²) in [5.74, 6) is 0.970. The van der Waals surface area contributed by atoms with Gasteiger partial charge in [0.05, 0.1) is 0 Å². The quantitative estimate of drug-likeness (QED) is 0.768. The highest BCUT2D eigenvalue weighted by molar-refractivity contribution is 7.99. The van der Waals surface area contributed by atoms with Gasteiger partial charge in [0, 0.05) is 24.1 Å². The molecule has 114 valence electrons. The van der Waals surface area contributed by atoms with Gasteiger partial charge in [0.1, 0.15) is 5.54 Å². The van der Waals surface area contributed by atoms with E-state index in [4.69, 9.17) is 0 Å². The summed E-state index contributed by atoms with van der Waals surface area (Å²) in [5, 5.41) is 12.4. The van der Waals surface area contributed by atoms with E-state index in [9.17, 15) is 14.7 Å². The molecule has 20 heavy (non-hydrogen) atoms. The Hall–Kier alpha value is -0.910. The molecular weight excluding hydrogens is 276 g/mol. The first kappa shape index (κ1) is 15.5. The van der Waals surface area contributed by atoms with Crippen LogP contribution in [0.15, 0.2) is 0 Å². The lowest BCUT2D eigenvalue weighted by Crippen LogP contribution is -2.60. The summed E-state index contributed by atoms with van der Waals surface area (Å²) in [6.45, 7) is 2.72. The van der Waals surface area contributed by atoms with Crippen molar-refractivity contribution in [3.05, 3.63) is 0 Å². The number of carbonyl (C=O) groups is 2. The minimum atomic E-state index is -1.06. The Kier molecular flexibility index (Phi) is 5.18. The molecule has 1 saturated heterocycles. The highest BCUT2D eigenvalue weighted by Crippen LogP contribution is 2.28. The number of rotatable bonds is 2. The molecule has 2 amide bonds. The standard InChI is InChI=1S/C14H24N2O3S/c1-11-10-20-9-8-16(11)13(19)15-14(12(17)18)6-4-2-3-5-7-14/h11H,2-10H2,1H3,(H,15,19)(H,17,18). The van der Waals surface area contributed by atoms with Crippen LogP contribution < -0.4 is 5.32 Å². The van der Waals surface area contributed by atoms with Crippen LogP contribution in [-0.2, 0) is 4.79 Å². The highest BCUT2D eigenvalue weighted by atomic mass is 32.2. The number of thioether (sulfide) groups is 1. The zero-order valence-electron chi connectivity index (χ0n) is 12.1. The molecule has 2 aliphatic rings. The minimum absolute atomic E-state index is 0.172. The van der Waals surface area contributed by atoms with Crippen LogP contribution >= 0.6 is 11.8 Å². The van der Waals surface area contributed by atoms with Crippen LogP contribution in [0.4, 0.5) is 4.79 Å². The third-order valence-electron chi connectivity index (χ3n) is 4.34. The number of hydrogen-bond donors (Lipinski definition) is 2. The lowest BCUT2D eigenvalue weighted by atomic mass is 9.90. The van der Waals surface area contributed by atoms with Crippen LogP contribution in [0, 0.1) is 0 Å². The van der Waals surface area contributed by atoms with Crippen molar-refractivity contribution in [2.75, 3.05) is 18.1 Å². The van der Waals surface area contributed by atoms with Crippen molar-refractivity contribution in [3.63, 3.8) is 0 Å². The third-order valence-corrected chi connectivity index (χ3v) is 5.53. The summed E-state index contributed by atoms with van der Waals surface area (Å²) < 4.78 is 0. The first-order valence-corrected chi connectivity index (χ1v) is 8.60. The third kappa shape index (κ3) is 3.40. The molecule has 0 aromatic rings. The monoisotopic (exact) mass is 300 g/mol. The predicted octanol–water partition coefficient (Wildman–Crippen LogP) is 2.31. The van der Waals surface area contributed by atoms with Gasteiger partial charge in [-0.15, -0.1) is 0 Å². The van der Waals surface area contributed by atoms with E-state index in [1.54, 1.807) is 4.90 Å². The Bertz CT molecular complexity index is 367. The summed E-state index contributed by atoms with van der Waals surface area (Å²) in [6, 6.07) is -0.0347. The van der Waals surface area contributed by atoms with Gasteiger partial charge in [0.15, 0.2) is 0 Å². The lowest BCUT2D eigenvalue weighted by Gasteiger charge is -2.37. The molecule has 1 heterocycles. The summed E-state index contributed by atoms with van der Waals surface area (Å²) in [4.78, 5) is 25.9. The Balaban J connectivity index is 2.07. The second-order valence-corrected chi connectivity index (χ2v) is 7.00. The van der Waals surface area contributed by atoms with E-state index < -0.39 is 11.5 Å². The van der Waals surface area contributed by atoms with Gasteiger partial charge in [0.25, 0.3) is 0 Å². The number of nitrogens with zero attached hydrogens (tertiary/aromatic N) is 1. The molecular formula is C14H24N2O3S. The molecule has 6 heteroatoms. The van der Waals surface area contributed by atoms with Gasteiger partial charge in [-0.05, 0) is 19.8 Å². The van der Waals surface area contributed by atoms with Crippen molar-refractivity contribution in [1.29, 1.82) is 0 Å². The molecule has 0 spiro atoms. The van der Waals surface area contributed by atoms with Gasteiger partial charge in [-0.25, -0.2) is 9.59 Å². The second kappa shape index (κ2) is 6.70. The first-order valence-electron chi connectivity index (χ1n) is 7.45. The fourth-order valence-electron chi connectivity index (χ4n) is 3.03. The van der Waals surface area contributed by atoms with E-state index >= 15 is 0 Å². The summed E-state index contributed by atoms with van der Waals surface area (Å²) in [5.41, 5.74) is -1.06. The van der Waals surface area contributed by atoms with E-state index in [1.165, 1.54) is 0 Å². The zero-order chi connectivity index (χ0) is 14.6. The number of carboxylic acid groups (broad SMARTS) is 1. The smallest absolute Gasteiger partial charge is 0.329 e. The molecule has 2 fully saturated rings. The van der Waals surface area contributed by atoms with E-state index in [-0.39, 0.29) is 12.1 Å². The number of aliphatic carboxylic acids is 1. The number of urea groups is 1. The van der Waals surface area contributed by atoms with E-state index in [2.05, 4.69) is 5.32 Å². The average Bonchev–Trinajstić information content (AvgIpc) is 2.65. The van der Waals surface area contributed by atoms with Crippen LogP contribution in [0.1, 0.15) is 45.4 Å². The molecule has 5 nitrogen and oxygen atoms in total. The Morgan fingerprint density at radius 3 is 2.45 bits per heavy atom. The molecule has 0 radical (unpaired) electrons. The molecule has 0 aromatic carbocycles. The van der Waals surface area contributed by atoms with Crippen molar-refractivity contribution >= 4 is 23.8 Å². The van der Waals surface area contributed by atoms with Crippen molar-refractivity contribution in [2.24, 2.45) is 0 Å². The van der Waals surface area contributed by atoms with Gasteiger partial charge >= 0.3 is 12.0 Å². The van der Waals surface area contributed by atoms with Gasteiger partial charge in [-0.3, -0.25) is 0 Å². The topological polar surface area (TPSA) is 69.6 Å². The average molecular weight is 300 g/mol.